The molecule has 0 saturated heterocycles. The van der Waals surface area contributed by atoms with E-state index in [2.05, 4.69) is 48.7 Å². The number of aliphatic hydroxyl groups is 1. The largest absolute Gasteiger partial charge is 0.463 e. The second-order valence-electron chi connectivity index (χ2n) is 9.21. The first-order valence-corrected chi connectivity index (χ1v) is 13.4. The Balaban J connectivity index is 1.76. The predicted molar refractivity (Wildman–Crippen MR) is 144 cm³/mol. The molecule has 1 aliphatic carbocycles. The van der Waals surface area contributed by atoms with E-state index >= 15 is 0 Å². The van der Waals surface area contributed by atoms with Crippen molar-refractivity contribution in [1.29, 1.82) is 0 Å². The highest BCUT2D eigenvalue weighted by Crippen LogP contribution is 2.60. The fourth-order valence-corrected chi connectivity index (χ4v) is 7.24. The van der Waals surface area contributed by atoms with Crippen molar-refractivity contribution in [2.24, 2.45) is 4.40 Å². The Bertz CT molecular complexity index is 1260. The highest BCUT2D eigenvalue weighted by Gasteiger charge is 2.39. The number of thiol groups is 1. The summed E-state index contributed by atoms with van der Waals surface area (Å²) in [7, 11) is 0. The van der Waals surface area contributed by atoms with Crippen LogP contribution in [-0.4, -0.2) is 37.1 Å². The minimum absolute atomic E-state index is 0.0718. The number of carbonyl (C=O) groups excluding carboxylic acids is 1. The van der Waals surface area contributed by atoms with Crippen molar-refractivity contribution in [2.45, 2.75) is 38.5 Å². The summed E-state index contributed by atoms with van der Waals surface area (Å²) in [4.78, 5) is 11.5. The molecule has 6 heteroatoms. The molecular formula is C29H31NO4S. The lowest BCUT2D eigenvalue weighted by Crippen LogP contribution is -2.14. The third-order valence-corrected chi connectivity index (χ3v) is 8.80. The first-order valence-electron chi connectivity index (χ1n) is 12.0. The number of aliphatic hydroxyl groups excluding tert-OH is 1. The van der Waals surface area contributed by atoms with Crippen LogP contribution in [-0.2, 0) is 14.3 Å². The third-order valence-electron chi connectivity index (χ3n) is 6.80. The summed E-state index contributed by atoms with van der Waals surface area (Å²) in [5.74, 6) is -0.399. The van der Waals surface area contributed by atoms with E-state index in [0.29, 0.717) is 13.2 Å². The molecule has 2 aromatic rings. The summed E-state index contributed by atoms with van der Waals surface area (Å²) in [5, 5.41) is 13.6. The molecule has 5 nitrogen and oxygen atoms in total. The molecule has 2 aliphatic heterocycles. The molecule has 0 amide bonds. The number of rotatable bonds is 5. The molecule has 5 rings (SSSR count). The standard InChI is InChI=1S/C29H31NO4S/c1-18-7-9-21(10-8-18)27-26(25(32)17-34-20(3)31)19(2)15-23-28(27)22-11-13-33-16-24(22)29(23)35-14-6-4-5-12-30-35/h4-10,12,14-15,25,29,32,35H,11,13,16-17H2,1-3H3. The average Bonchev–Trinajstić information content (AvgIpc) is 2.98. The zero-order chi connectivity index (χ0) is 24.5. The van der Waals surface area contributed by atoms with Crippen LogP contribution in [0.1, 0.15) is 52.5 Å². The van der Waals surface area contributed by atoms with Crippen LogP contribution in [0.2, 0.25) is 0 Å². The normalized spacial score (nSPS) is 22.5. The molecule has 3 atom stereocenters. The van der Waals surface area contributed by atoms with Crippen molar-refractivity contribution in [3.05, 3.63) is 87.4 Å². The van der Waals surface area contributed by atoms with E-state index in [-0.39, 0.29) is 11.9 Å². The van der Waals surface area contributed by atoms with Crippen molar-refractivity contribution in [3.63, 3.8) is 0 Å². The highest BCUT2D eigenvalue weighted by molar-refractivity contribution is 8.18. The number of hydrogen-bond donors (Lipinski definition) is 2. The van der Waals surface area contributed by atoms with E-state index in [1.165, 1.54) is 34.8 Å². The molecule has 0 fully saturated rings. The zero-order valence-electron chi connectivity index (χ0n) is 20.3. The van der Waals surface area contributed by atoms with Gasteiger partial charge in [-0.3, -0.25) is 4.79 Å². The number of carbonyl (C=O) groups is 1. The fraction of sp³-hybridized carbons (Fsp3) is 0.310. The first kappa shape index (κ1) is 23.8. The van der Waals surface area contributed by atoms with Gasteiger partial charge in [0.1, 0.15) is 12.7 Å². The summed E-state index contributed by atoms with van der Waals surface area (Å²) < 4.78 is 16.1. The first-order chi connectivity index (χ1) is 17.0. The van der Waals surface area contributed by atoms with Gasteiger partial charge in [0.25, 0.3) is 0 Å². The quantitative estimate of drug-likeness (QED) is 0.407. The molecule has 0 bridgehead atoms. The zero-order valence-corrected chi connectivity index (χ0v) is 21.2. The minimum atomic E-state index is -0.922. The van der Waals surface area contributed by atoms with Gasteiger partial charge in [0, 0.05) is 13.1 Å². The number of ether oxygens (including phenoxy) is 2. The van der Waals surface area contributed by atoms with Gasteiger partial charge in [0.05, 0.1) is 18.5 Å². The van der Waals surface area contributed by atoms with Crippen LogP contribution >= 0.6 is 11.1 Å². The second kappa shape index (κ2) is 9.97. The van der Waals surface area contributed by atoms with E-state index in [0.717, 1.165) is 28.7 Å². The lowest BCUT2D eigenvalue weighted by atomic mass is 9.84. The maximum Gasteiger partial charge on any atom is 0.302 e. The van der Waals surface area contributed by atoms with Crippen LogP contribution in [0.15, 0.2) is 63.9 Å². The van der Waals surface area contributed by atoms with Crippen LogP contribution in [0.25, 0.3) is 16.7 Å². The van der Waals surface area contributed by atoms with Gasteiger partial charge in [0.15, 0.2) is 0 Å². The Morgan fingerprint density at radius 1 is 1.20 bits per heavy atom. The molecule has 0 aromatic heterocycles. The van der Waals surface area contributed by atoms with E-state index < -0.39 is 23.2 Å². The number of fused-ring (bicyclic) bond motifs is 2. The number of esters is 1. The number of nitrogens with zero attached hydrogens (tertiary/aromatic N) is 1. The average molecular weight is 490 g/mol. The van der Waals surface area contributed by atoms with Gasteiger partial charge in [-0.05, 0) is 76.3 Å². The van der Waals surface area contributed by atoms with Crippen molar-refractivity contribution in [1.82, 2.24) is 0 Å². The van der Waals surface area contributed by atoms with Gasteiger partial charge in [0.2, 0.25) is 0 Å². The Labute approximate surface area is 209 Å². The van der Waals surface area contributed by atoms with Gasteiger partial charge >= 0.3 is 5.97 Å². The van der Waals surface area contributed by atoms with E-state index in [1.807, 2.05) is 25.3 Å². The Morgan fingerprint density at radius 2 is 2.00 bits per heavy atom. The van der Waals surface area contributed by atoms with Crippen molar-refractivity contribution in [2.75, 3.05) is 19.8 Å². The van der Waals surface area contributed by atoms with Gasteiger partial charge in [-0.2, -0.15) is 0 Å². The highest BCUT2D eigenvalue weighted by atomic mass is 32.2. The monoisotopic (exact) mass is 489 g/mol. The van der Waals surface area contributed by atoms with Gasteiger partial charge in [-0.25, -0.2) is 4.40 Å². The Hall–Kier alpha value is -2.93. The molecule has 182 valence electrons. The molecule has 2 heterocycles. The summed E-state index contributed by atoms with van der Waals surface area (Å²) in [6.07, 6.45) is 7.89. The summed E-state index contributed by atoms with van der Waals surface area (Å²) in [6, 6.07) is 10.7. The molecule has 35 heavy (non-hydrogen) atoms. The maximum atomic E-state index is 11.5. The number of allylic oxidation sites excluding steroid dienone is 3. The number of benzene rings is 2. The van der Waals surface area contributed by atoms with E-state index in [9.17, 15) is 9.90 Å². The Morgan fingerprint density at radius 3 is 2.77 bits per heavy atom. The SMILES string of the molecule is CC(=O)OCC(O)c1c(C)cc2c(c1-c1ccc(C)cc1)C1=C(COCC1)C2[SH]1C=CC=CC=N1. The van der Waals surface area contributed by atoms with E-state index in [4.69, 9.17) is 13.9 Å². The van der Waals surface area contributed by atoms with Crippen LogP contribution in [0.3, 0.4) is 0 Å². The smallest absolute Gasteiger partial charge is 0.302 e. The molecule has 0 saturated carbocycles. The predicted octanol–water partition coefficient (Wildman–Crippen LogP) is 5.87. The molecule has 3 unspecified atom stereocenters. The summed E-state index contributed by atoms with van der Waals surface area (Å²) >= 11 is -0.812. The van der Waals surface area contributed by atoms with Crippen LogP contribution in [0.4, 0.5) is 0 Å². The van der Waals surface area contributed by atoms with Crippen molar-refractivity contribution in [3.8, 4) is 11.1 Å². The molecular weight excluding hydrogens is 458 g/mol. The lowest BCUT2D eigenvalue weighted by molar-refractivity contribution is -0.144. The van der Waals surface area contributed by atoms with Crippen molar-refractivity contribution >= 4 is 28.8 Å². The minimum Gasteiger partial charge on any atom is -0.463 e. The molecule has 3 aliphatic rings. The lowest BCUT2D eigenvalue weighted by Gasteiger charge is -2.27. The number of aryl methyl sites for hydroxylation is 2. The molecule has 2 aromatic carbocycles. The van der Waals surface area contributed by atoms with E-state index in [1.54, 1.807) is 0 Å². The van der Waals surface area contributed by atoms with Crippen LogP contribution in [0, 0.1) is 13.8 Å². The number of hydrogen-bond acceptors (Lipinski definition) is 5. The van der Waals surface area contributed by atoms with Gasteiger partial charge in [-0.1, -0.05) is 48.0 Å². The summed E-state index contributed by atoms with van der Waals surface area (Å²) in [5.41, 5.74) is 10.2. The topological polar surface area (TPSA) is 68.1 Å². The second-order valence-corrected chi connectivity index (χ2v) is 11.0. The molecule has 0 radical (unpaired) electrons. The maximum absolute atomic E-state index is 11.5. The van der Waals surface area contributed by atoms with Crippen LogP contribution < -0.4 is 0 Å². The molecule has 1 N–H and O–H groups in total. The van der Waals surface area contributed by atoms with Gasteiger partial charge < -0.3 is 14.6 Å². The van der Waals surface area contributed by atoms with Crippen LogP contribution in [0.5, 0.6) is 0 Å². The van der Waals surface area contributed by atoms with Crippen molar-refractivity contribution < 1.29 is 19.4 Å². The summed E-state index contributed by atoms with van der Waals surface area (Å²) in [6.45, 7) is 6.68. The fourth-order valence-electron chi connectivity index (χ4n) is 5.31. The van der Waals surface area contributed by atoms with Gasteiger partial charge in [-0.15, -0.1) is 11.1 Å². The molecule has 0 spiro atoms. The Kier molecular flexibility index (Phi) is 6.78. The third kappa shape index (κ3) is 4.54.